The number of rotatable bonds is 6. The molecule has 0 fully saturated rings. The maximum Gasteiger partial charge on any atom is 0.308 e. The Bertz CT molecular complexity index is 882. The number of nitro groups is 1. The van der Waals surface area contributed by atoms with Crippen LogP contribution in [0.1, 0.15) is 38.8 Å². The number of ether oxygens (including phenoxy) is 1. The summed E-state index contributed by atoms with van der Waals surface area (Å²) in [5.74, 6) is -1.15. The molecular formula is C19H19BrClFN2O4. The van der Waals surface area contributed by atoms with Gasteiger partial charge in [0.15, 0.2) is 0 Å². The van der Waals surface area contributed by atoms with Crippen molar-refractivity contribution in [1.82, 2.24) is 0 Å². The van der Waals surface area contributed by atoms with Crippen LogP contribution >= 0.6 is 27.5 Å². The van der Waals surface area contributed by atoms with E-state index in [1.54, 1.807) is 26.8 Å². The average molecular weight is 474 g/mol. The van der Waals surface area contributed by atoms with E-state index in [-0.39, 0.29) is 28.4 Å². The number of hydrogen-bond acceptors (Lipinski definition) is 5. The molecule has 0 aliphatic rings. The Morgan fingerprint density at radius 1 is 1.36 bits per heavy atom. The maximum absolute atomic E-state index is 14.5. The lowest BCUT2D eigenvalue weighted by atomic mass is 10.0. The lowest BCUT2D eigenvalue weighted by Gasteiger charge is -2.24. The van der Waals surface area contributed by atoms with Gasteiger partial charge in [-0.25, -0.2) is 4.39 Å². The van der Waals surface area contributed by atoms with Gasteiger partial charge in [0.1, 0.15) is 17.1 Å². The number of nitrogens with zero attached hydrogens (tertiary/aromatic N) is 1. The fourth-order valence-electron chi connectivity index (χ4n) is 2.59. The highest BCUT2D eigenvalue weighted by molar-refractivity contribution is 9.10. The Hall–Kier alpha value is -2.19. The van der Waals surface area contributed by atoms with E-state index in [9.17, 15) is 19.3 Å². The van der Waals surface area contributed by atoms with Crippen molar-refractivity contribution in [3.8, 4) is 0 Å². The molecule has 0 aliphatic carbocycles. The van der Waals surface area contributed by atoms with Crippen molar-refractivity contribution in [1.29, 1.82) is 0 Å². The summed E-state index contributed by atoms with van der Waals surface area (Å²) in [6, 6.07) is 7.43. The molecule has 2 aromatic rings. The summed E-state index contributed by atoms with van der Waals surface area (Å²) in [4.78, 5) is 23.1. The van der Waals surface area contributed by atoms with Gasteiger partial charge >= 0.3 is 5.97 Å². The highest BCUT2D eigenvalue weighted by atomic mass is 79.9. The molecule has 150 valence electrons. The third-order valence-corrected chi connectivity index (χ3v) is 4.55. The van der Waals surface area contributed by atoms with E-state index in [0.29, 0.717) is 4.47 Å². The first-order valence-electron chi connectivity index (χ1n) is 8.34. The van der Waals surface area contributed by atoms with Crippen LogP contribution in [0.5, 0.6) is 0 Å². The highest BCUT2D eigenvalue weighted by Gasteiger charge is 2.27. The maximum atomic E-state index is 14.5. The third-order valence-electron chi connectivity index (χ3n) is 3.62. The van der Waals surface area contributed by atoms with Gasteiger partial charge in [0.05, 0.1) is 17.4 Å². The molecule has 0 heterocycles. The van der Waals surface area contributed by atoms with Crippen LogP contribution in [0.25, 0.3) is 0 Å². The Balaban J connectivity index is 2.46. The second-order valence-corrected chi connectivity index (χ2v) is 8.33. The Labute approximate surface area is 175 Å². The predicted molar refractivity (Wildman–Crippen MR) is 109 cm³/mol. The molecule has 28 heavy (non-hydrogen) atoms. The third kappa shape index (κ3) is 5.90. The molecule has 1 atom stereocenters. The first kappa shape index (κ1) is 22.1. The van der Waals surface area contributed by atoms with E-state index in [2.05, 4.69) is 21.2 Å². The standard InChI is InChI=1S/C19H19BrClFN2O4/c1-19(2,3)28-17(25)10-15(18-12(20)5-4-6-13(18)22)23-14-9-11(21)7-8-16(14)24(26)27/h4-9,15,23H,10H2,1-3H3/t15-/m1/s1. The van der Waals surface area contributed by atoms with Gasteiger partial charge in [-0.1, -0.05) is 33.6 Å². The van der Waals surface area contributed by atoms with Gasteiger partial charge in [-0.15, -0.1) is 0 Å². The zero-order chi connectivity index (χ0) is 21.1. The number of esters is 1. The van der Waals surface area contributed by atoms with Gasteiger partial charge < -0.3 is 10.1 Å². The molecule has 0 aliphatic heterocycles. The largest absolute Gasteiger partial charge is 0.460 e. The Morgan fingerprint density at radius 3 is 2.61 bits per heavy atom. The minimum Gasteiger partial charge on any atom is -0.460 e. The molecule has 2 aromatic carbocycles. The summed E-state index contributed by atoms with van der Waals surface area (Å²) >= 11 is 9.25. The van der Waals surface area contributed by atoms with Crippen molar-refractivity contribution in [3.63, 3.8) is 0 Å². The van der Waals surface area contributed by atoms with Gasteiger partial charge in [0.2, 0.25) is 0 Å². The van der Waals surface area contributed by atoms with Gasteiger partial charge in [-0.05, 0) is 45.0 Å². The molecule has 0 saturated heterocycles. The lowest BCUT2D eigenvalue weighted by Crippen LogP contribution is -2.27. The minimum atomic E-state index is -0.928. The number of hydrogen-bond donors (Lipinski definition) is 1. The second-order valence-electron chi connectivity index (χ2n) is 7.04. The fraction of sp³-hybridized carbons (Fsp3) is 0.316. The number of carbonyl (C=O) groups is 1. The molecule has 0 spiro atoms. The normalized spacial score (nSPS) is 12.4. The topological polar surface area (TPSA) is 81.5 Å². The van der Waals surface area contributed by atoms with Crippen molar-refractivity contribution in [2.75, 3.05) is 5.32 Å². The Kier molecular flexibility index (Phi) is 7.01. The molecule has 1 N–H and O–H groups in total. The van der Waals surface area contributed by atoms with E-state index in [1.165, 1.54) is 30.3 Å². The molecule has 0 amide bonds. The number of nitro benzene ring substituents is 1. The van der Waals surface area contributed by atoms with E-state index in [1.807, 2.05) is 0 Å². The first-order chi connectivity index (χ1) is 13.0. The number of benzene rings is 2. The second kappa shape index (κ2) is 8.87. The van der Waals surface area contributed by atoms with Gasteiger partial charge in [-0.3, -0.25) is 14.9 Å². The zero-order valence-corrected chi connectivity index (χ0v) is 17.8. The van der Waals surface area contributed by atoms with Gasteiger partial charge in [0, 0.05) is 21.1 Å². The number of halogens is 3. The molecule has 9 heteroatoms. The molecule has 0 unspecified atom stereocenters. The zero-order valence-electron chi connectivity index (χ0n) is 15.5. The van der Waals surface area contributed by atoms with Crippen molar-refractivity contribution < 1.29 is 18.8 Å². The molecule has 0 bridgehead atoms. The lowest BCUT2D eigenvalue weighted by molar-refractivity contribution is -0.384. The van der Waals surface area contributed by atoms with Crippen LogP contribution in [-0.4, -0.2) is 16.5 Å². The summed E-state index contributed by atoms with van der Waals surface area (Å²) in [5, 5.41) is 14.5. The van der Waals surface area contributed by atoms with Crippen LogP contribution in [0.3, 0.4) is 0 Å². The number of anilines is 1. The minimum absolute atomic E-state index is 0.0706. The highest BCUT2D eigenvalue weighted by Crippen LogP contribution is 2.36. The molecule has 0 saturated carbocycles. The summed E-state index contributed by atoms with van der Waals surface area (Å²) < 4.78 is 20.3. The summed E-state index contributed by atoms with van der Waals surface area (Å²) in [7, 11) is 0. The van der Waals surface area contributed by atoms with Crippen molar-refractivity contribution in [2.45, 2.75) is 38.8 Å². The number of carbonyl (C=O) groups excluding carboxylic acids is 1. The molecule has 0 aromatic heterocycles. The van der Waals surface area contributed by atoms with Gasteiger partial charge in [-0.2, -0.15) is 0 Å². The van der Waals surface area contributed by atoms with Crippen molar-refractivity contribution in [2.24, 2.45) is 0 Å². The van der Waals surface area contributed by atoms with E-state index in [4.69, 9.17) is 16.3 Å². The fourth-order valence-corrected chi connectivity index (χ4v) is 3.38. The molecule has 2 rings (SSSR count). The first-order valence-corrected chi connectivity index (χ1v) is 9.51. The quantitative estimate of drug-likeness (QED) is 0.314. The van der Waals surface area contributed by atoms with Gasteiger partial charge in [0.25, 0.3) is 5.69 Å². The van der Waals surface area contributed by atoms with Crippen LogP contribution in [0.2, 0.25) is 5.02 Å². The smallest absolute Gasteiger partial charge is 0.308 e. The number of nitrogens with one attached hydrogen (secondary N) is 1. The van der Waals surface area contributed by atoms with E-state index >= 15 is 0 Å². The SMILES string of the molecule is CC(C)(C)OC(=O)C[C@@H](Nc1cc(Cl)ccc1[N+](=O)[O-])c1c(F)cccc1Br. The van der Waals surface area contributed by atoms with Crippen molar-refractivity contribution in [3.05, 3.63) is 67.4 Å². The monoisotopic (exact) mass is 472 g/mol. The van der Waals surface area contributed by atoms with Crippen LogP contribution < -0.4 is 5.32 Å². The van der Waals surface area contributed by atoms with E-state index < -0.39 is 28.4 Å². The Morgan fingerprint density at radius 2 is 2.04 bits per heavy atom. The van der Waals surface area contributed by atoms with Crippen LogP contribution in [0.4, 0.5) is 15.8 Å². The average Bonchev–Trinajstić information content (AvgIpc) is 2.52. The molecular weight excluding hydrogens is 455 g/mol. The van der Waals surface area contributed by atoms with Crippen LogP contribution in [0.15, 0.2) is 40.9 Å². The van der Waals surface area contributed by atoms with Crippen LogP contribution in [-0.2, 0) is 9.53 Å². The summed E-state index contributed by atoms with van der Waals surface area (Å²) in [6.07, 6.45) is -0.250. The molecule has 6 nitrogen and oxygen atoms in total. The van der Waals surface area contributed by atoms with Crippen molar-refractivity contribution >= 4 is 44.9 Å². The summed E-state index contributed by atoms with van der Waals surface area (Å²) in [5.41, 5.74) is -0.745. The summed E-state index contributed by atoms with van der Waals surface area (Å²) in [6.45, 7) is 5.15. The van der Waals surface area contributed by atoms with Crippen LogP contribution in [0, 0.1) is 15.9 Å². The van der Waals surface area contributed by atoms with E-state index in [0.717, 1.165) is 0 Å². The molecule has 0 radical (unpaired) electrons. The predicted octanol–water partition coefficient (Wildman–Crippen LogP) is 6.03.